The van der Waals surface area contributed by atoms with E-state index in [1.165, 1.54) is 49.9 Å². The van der Waals surface area contributed by atoms with Crippen LogP contribution in [0.1, 0.15) is 61.3 Å². The maximum Gasteiger partial charge on any atom is 0.119 e. The second kappa shape index (κ2) is 15.9. The Kier molecular flexibility index (Phi) is 11.3. The molecule has 4 aromatic rings. The smallest absolute Gasteiger partial charge is 0.119 e. The Labute approximate surface area is 257 Å². The maximum absolute atomic E-state index is 6.11. The molecule has 0 aromatic heterocycles. The molecule has 5 nitrogen and oxygen atoms in total. The van der Waals surface area contributed by atoms with Crippen LogP contribution in [0.2, 0.25) is 0 Å². The van der Waals surface area contributed by atoms with Gasteiger partial charge in [-0.15, -0.1) is 0 Å². The fourth-order valence-electron chi connectivity index (χ4n) is 5.38. The van der Waals surface area contributed by atoms with Crippen LogP contribution in [0.15, 0.2) is 108 Å². The van der Waals surface area contributed by atoms with E-state index in [1.54, 1.807) is 0 Å². The van der Waals surface area contributed by atoms with Crippen molar-refractivity contribution in [1.82, 2.24) is 4.90 Å². The Bertz CT molecular complexity index is 1390. The Hall–Kier alpha value is -4.09. The summed E-state index contributed by atoms with van der Waals surface area (Å²) in [5.41, 5.74) is 6.77. The molecule has 1 aliphatic rings. The first-order valence-electron chi connectivity index (χ1n) is 15.8. The number of hydrazone groups is 1. The van der Waals surface area contributed by atoms with Crippen molar-refractivity contribution >= 4 is 11.4 Å². The van der Waals surface area contributed by atoms with Gasteiger partial charge in [-0.2, -0.15) is 5.10 Å². The number of likely N-dealkylation sites (tertiary alicyclic amines) is 1. The third-order valence-electron chi connectivity index (χ3n) is 7.97. The van der Waals surface area contributed by atoms with E-state index in [0.717, 1.165) is 53.6 Å². The predicted molar refractivity (Wildman–Crippen MR) is 178 cm³/mol. The molecule has 0 atom stereocenters. The van der Waals surface area contributed by atoms with Crippen LogP contribution >= 0.6 is 0 Å². The van der Waals surface area contributed by atoms with Gasteiger partial charge in [0.2, 0.25) is 0 Å². The van der Waals surface area contributed by atoms with Crippen molar-refractivity contribution in [3.63, 3.8) is 0 Å². The van der Waals surface area contributed by atoms with Crippen molar-refractivity contribution in [2.24, 2.45) is 5.10 Å². The summed E-state index contributed by atoms with van der Waals surface area (Å²) in [6.45, 7) is 9.61. The van der Waals surface area contributed by atoms with Crippen LogP contribution in [0.4, 0.5) is 5.69 Å². The van der Waals surface area contributed by atoms with Gasteiger partial charge < -0.3 is 9.47 Å². The van der Waals surface area contributed by atoms with Crippen LogP contribution in [-0.4, -0.2) is 36.9 Å². The number of rotatable bonds is 13. The average Bonchev–Trinajstić information content (AvgIpc) is 3.33. The number of anilines is 1. The van der Waals surface area contributed by atoms with E-state index in [2.05, 4.69) is 96.6 Å². The number of hydrogen-bond donors (Lipinski definition) is 0. The second-order valence-corrected chi connectivity index (χ2v) is 11.3. The number of benzene rings is 4. The summed E-state index contributed by atoms with van der Waals surface area (Å²) in [5, 5.41) is 7.29. The van der Waals surface area contributed by atoms with Crippen LogP contribution in [-0.2, 0) is 13.2 Å². The molecule has 0 N–H and O–H groups in total. The Morgan fingerprint density at radius 3 is 2.05 bits per heavy atom. The molecule has 0 spiro atoms. The molecule has 43 heavy (non-hydrogen) atoms. The molecule has 0 amide bonds. The first-order chi connectivity index (χ1) is 21.2. The number of hydrogen-bond acceptors (Lipinski definition) is 5. The van der Waals surface area contributed by atoms with E-state index in [4.69, 9.17) is 14.6 Å². The van der Waals surface area contributed by atoms with E-state index in [0.29, 0.717) is 13.2 Å². The summed E-state index contributed by atoms with van der Waals surface area (Å²) in [7, 11) is 0. The summed E-state index contributed by atoms with van der Waals surface area (Å²) < 4.78 is 12.1. The first kappa shape index (κ1) is 30.4. The maximum atomic E-state index is 6.11. The highest BCUT2D eigenvalue weighted by Gasteiger charge is 2.12. The molecule has 5 heteroatoms. The molecule has 5 rings (SSSR count). The number of ether oxygens (including phenoxy) is 2. The van der Waals surface area contributed by atoms with Crippen molar-refractivity contribution in [1.29, 1.82) is 0 Å². The number of nitrogens with zero attached hydrogens (tertiary/aromatic N) is 3. The third kappa shape index (κ3) is 9.45. The molecule has 1 aliphatic heterocycles. The molecule has 1 heterocycles. The zero-order chi connectivity index (χ0) is 29.7. The molecule has 0 saturated carbocycles. The molecule has 0 radical (unpaired) electrons. The topological polar surface area (TPSA) is 37.3 Å². The van der Waals surface area contributed by atoms with Crippen molar-refractivity contribution in [2.75, 3.05) is 31.3 Å². The molecular formula is C38H45N3O2. The lowest BCUT2D eigenvalue weighted by atomic mass is 10.1. The van der Waals surface area contributed by atoms with Crippen LogP contribution in [0.5, 0.6) is 11.5 Å². The normalized spacial score (nSPS) is 14.2. The SMILES string of the molecule is CC/C(=N\N(Cc1ccc(OCCN2CCCCCC2)cc1)c1ccc(C)cc1)c1ccc(OCc2ccccc2)cc1. The van der Waals surface area contributed by atoms with Crippen molar-refractivity contribution in [2.45, 2.75) is 59.1 Å². The van der Waals surface area contributed by atoms with Gasteiger partial charge >= 0.3 is 0 Å². The quantitative estimate of drug-likeness (QED) is 0.118. The molecule has 4 aromatic carbocycles. The van der Waals surface area contributed by atoms with Crippen LogP contribution in [0, 0.1) is 6.92 Å². The van der Waals surface area contributed by atoms with Gasteiger partial charge in [0.25, 0.3) is 0 Å². The molecule has 0 bridgehead atoms. The van der Waals surface area contributed by atoms with Crippen LogP contribution in [0.25, 0.3) is 0 Å². The fraction of sp³-hybridized carbons (Fsp3) is 0.342. The van der Waals surface area contributed by atoms with E-state index < -0.39 is 0 Å². The second-order valence-electron chi connectivity index (χ2n) is 11.3. The standard InChI is InChI=1S/C38H45N3O2/c1-3-38(34-17-23-37(24-18-34)43-30-33-11-7-6-8-12-33)39-41(35-19-13-31(2)14-20-35)29-32-15-21-36(22-16-32)42-28-27-40-25-9-4-5-10-26-40/h6-8,11-24H,3-5,9-10,25-30H2,1-2H3/b39-38+. The minimum absolute atomic E-state index is 0.554. The van der Waals surface area contributed by atoms with Gasteiger partial charge in [-0.25, -0.2) is 0 Å². The highest BCUT2D eigenvalue weighted by atomic mass is 16.5. The largest absolute Gasteiger partial charge is 0.492 e. The minimum atomic E-state index is 0.554. The van der Waals surface area contributed by atoms with Gasteiger partial charge in [0.1, 0.15) is 24.7 Å². The molecular weight excluding hydrogens is 530 g/mol. The lowest BCUT2D eigenvalue weighted by Crippen LogP contribution is -2.29. The summed E-state index contributed by atoms with van der Waals surface area (Å²) in [4.78, 5) is 2.54. The van der Waals surface area contributed by atoms with Gasteiger partial charge in [-0.3, -0.25) is 9.91 Å². The molecule has 1 saturated heterocycles. The monoisotopic (exact) mass is 575 g/mol. The van der Waals surface area contributed by atoms with Gasteiger partial charge in [0, 0.05) is 6.54 Å². The lowest BCUT2D eigenvalue weighted by Gasteiger charge is -2.22. The molecule has 0 aliphatic carbocycles. The van der Waals surface area contributed by atoms with Crippen molar-refractivity contribution in [3.05, 3.63) is 125 Å². The first-order valence-corrected chi connectivity index (χ1v) is 15.8. The fourth-order valence-corrected chi connectivity index (χ4v) is 5.38. The Balaban J connectivity index is 1.25. The summed E-state index contributed by atoms with van der Waals surface area (Å²) in [5.74, 6) is 1.78. The zero-order valence-corrected chi connectivity index (χ0v) is 25.8. The van der Waals surface area contributed by atoms with E-state index in [9.17, 15) is 0 Å². The average molecular weight is 576 g/mol. The van der Waals surface area contributed by atoms with Gasteiger partial charge in [0.05, 0.1) is 17.9 Å². The minimum Gasteiger partial charge on any atom is -0.492 e. The lowest BCUT2D eigenvalue weighted by molar-refractivity contribution is 0.214. The summed E-state index contributed by atoms with van der Waals surface area (Å²) >= 11 is 0. The predicted octanol–water partition coefficient (Wildman–Crippen LogP) is 8.65. The number of aryl methyl sites for hydroxylation is 1. The Morgan fingerprint density at radius 2 is 1.37 bits per heavy atom. The van der Waals surface area contributed by atoms with E-state index in [-0.39, 0.29) is 0 Å². The van der Waals surface area contributed by atoms with Crippen molar-refractivity contribution in [3.8, 4) is 11.5 Å². The summed E-state index contributed by atoms with van der Waals surface area (Å²) in [6, 6.07) is 35.6. The van der Waals surface area contributed by atoms with Crippen LogP contribution < -0.4 is 14.5 Å². The molecule has 1 fully saturated rings. The molecule has 224 valence electrons. The van der Waals surface area contributed by atoms with Crippen LogP contribution in [0.3, 0.4) is 0 Å². The highest BCUT2D eigenvalue weighted by Crippen LogP contribution is 2.23. The van der Waals surface area contributed by atoms with Gasteiger partial charge in [-0.1, -0.05) is 79.9 Å². The van der Waals surface area contributed by atoms with E-state index in [1.807, 2.05) is 30.3 Å². The van der Waals surface area contributed by atoms with Gasteiger partial charge in [-0.05, 0) is 104 Å². The van der Waals surface area contributed by atoms with E-state index >= 15 is 0 Å². The molecule has 0 unspecified atom stereocenters. The van der Waals surface area contributed by atoms with Gasteiger partial charge in [0.15, 0.2) is 0 Å². The summed E-state index contributed by atoms with van der Waals surface area (Å²) in [6.07, 6.45) is 6.15. The van der Waals surface area contributed by atoms with Crippen molar-refractivity contribution < 1.29 is 9.47 Å². The Morgan fingerprint density at radius 1 is 0.721 bits per heavy atom. The zero-order valence-electron chi connectivity index (χ0n) is 25.8. The highest BCUT2D eigenvalue weighted by molar-refractivity contribution is 6.01. The third-order valence-corrected chi connectivity index (χ3v) is 7.97.